The van der Waals surface area contributed by atoms with E-state index < -0.39 is 11.7 Å². The molecule has 1 heterocycles. The highest BCUT2D eigenvalue weighted by Gasteiger charge is 2.15. The molecule has 0 saturated carbocycles. The first-order valence-electron chi connectivity index (χ1n) is 6.60. The van der Waals surface area contributed by atoms with Crippen molar-refractivity contribution in [3.63, 3.8) is 0 Å². The second kappa shape index (κ2) is 5.77. The summed E-state index contributed by atoms with van der Waals surface area (Å²) in [5.41, 5.74) is 0.390. The SMILES string of the molecule is O=C(O)c1cccc(-n2c(O)cn(-c3cccc(Br)c3)c2=O)c1. The summed E-state index contributed by atoms with van der Waals surface area (Å²) in [5, 5.41) is 19.2. The molecule has 3 aromatic rings. The number of carbonyl (C=O) groups is 1. The van der Waals surface area contributed by atoms with Crippen LogP contribution in [-0.4, -0.2) is 25.3 Å². The van der Waals surface area contributed by atoms with Gasteiger partial charge in [0.15, 0.2) is 0 Å². The smallest absolute Gasteiger partial charge is 0.340 e. The molecule has 0 radical (unpaired) electrons. The Bertz CT molecular complexity index is 959. The van der Waals surface area contributed by atoms with Crippen molar-refractivity contribution in [1.82, 2.24) is 9.13 Å². The maximum atomic E-state index is 12.6. The van der Waals surface area contributed by atoms with Gasteiger partial charge in [0.2, 0.25) is 5.88 Å². The van der Waals surface area contributed by atoms with Gasteiger partial charge < -0.3 is 10.2 Å². The number of benzene rings is 2. The zero-order chi connectivity index (χ0) is 16.6. The van der Waals surface area contributed by atoms with Crippen molar-refractivity contribution in [2.45, 2.75) is 0 Å². The van der Waals surface area contributed by atoms with Crippen LogP contribution in [0.3, 0.4) is 0 Å². The normalized spacial score (nSPS) is 10.7. The maximum absolute atomic E-state index is 12.6. The molecule has 7 heteroatoms. The van der Waals surface area contributed by atoms with Gasteiger partial charge in [-0.2, -0.15) is 0 Å². The molecule has 6 nitrogen and oxygen atoms in total. The minimum atomic E-state index is -1.11. The van der Waals surface area contributed by atoms with Crippen LogP contribution < -0.4 is 5.69 Å². The van der Waals surface area contributed by atoms with E-state index in [9.17, 15) is 14.7 Å². The van der Waals surface area contributed by atoms with Gasteiger partial charge in [0.05, 0.1) is 23.1 Å². The molecule has 0 unspecified atom stereocenters. The quantitative estimate of drug-likeness (QED) is 0.738. The van der Waals surface area contributed by atoms with Crippen molar-refractivity contribution in [1.29, 1.82) is 0 Å². The number of rotatable bonds is 3. The third kappa shape index (κ3) is 2.78. The number of hydrogen-bond donors (Lipinski definition) is 2. The molecule has 116 valence electrons. The van der Waals surface area contributed by atoms with Gasteiger partial charge in [0.1, 0.15) is 0 Å². The Balaban J connectivity index is 2.17. The van der Waals surface area contributed by atoms with E-state index in [-0.39, 0.29) is 17.1 Å². The van der Waals surface area contributed by atoms with E-state index in [0.29, 0.717) is 5.69 Å². The van der Waals surface area contributed by atoms with Crippen molar-refractivity contribution < 1.29 is 15.0 Å². The molecule has 3 rings (SSSR count). The van der Waals surface area contributed by atoms with Gasteiger partial charge in [-0.05, 0) is 36.4 Å². The highest BCUT2D eigenvalue weighted by Crippen LogP contribution is 2.20. The molecular weight excluding hydrogens is 364 g/mol. The molecule has 0 aliphatic rings. The fourth-order valence-corrected chi connectivity index (χ4v) is 2.65. The lowest BCUT2D eigenvalue weighted by atomic mass is 10.2. The number of aromatic nitrogens is 2. The minimum Gasteiger partial charge on any atom is -0.493 e. The summed E-state index contributed by atoms with van der Waals surface area (Å²) in [6.07, 6.45) is 1.29. The summed E-state index contributed by atoms with van der Waals surface area (Å²) in [5.74, 6) is -1.39. The summed E-state index contributed by atoms with van der Waals surface area (Å²) in [6, 6.07) is 12.9. The number of aromatic carboxylic acids is 1. The average molecular weight is 375 g/mol. The first-order chi connectivity index (χ1) is 11.0. The van der Waals surface area contributed by atoms with Crippen molar-refractivity contribution in [3.05, 3.63) is 75.2 Å². The molecule has 0 amide bonds. The van der Waals surface area contributed by atoms with Crippen molar-refractivity contribution in [3.8, 4) is 17.3 Å². The topological polar surface area (TPSA) is 84.5 Å². The molecule has 0 bridgehead atoms. The van der Waals surface area contributed by atoms with Crippen LogP contribution in [-0.2, 0) is 0 Å². The number of carboxylic acid groups (broad SMARTS) is 1. The lowest BCUT2D eigenvalue weighted by molar-refractivity contribution is 0.0697. The number of hydrogen-bond acceptors (Lipinski definition) is 3. The van der Waals surface area contributed by atoms with E-state index in [2.05, 4.69) is 15.9 Å². The molecule has 0 aliphatic heterocycles. The fraction of sp³-hybridized carbons (Fsp3) is 0. The van der Waals surface area contributed by atoms with Crippen LogP contribution in [0.2, 0.25) is 0 Å². The molecule has 1 aromatic heterocycles. The monoisotopic (exact) mass is 374 g/mol. The minimum absolute atomic E-state index is 0.0315. The van der Waals surface area contributed by atoms with E-state index in [4.69, 9.17) is 5.11 Å². The van der Waals surface area contributed by atoms with E-state index in [1.807, 2.05) is 6.07 Å². The second-order valence-corrected chi connectivity index (χ2v) is 5.73. The van der Waals surface area contributed by atoms with E-state index in [0.717, 1.165) is 9.04 Å². The van der Waals surface area contributed by atoms with Gasteiger partial charge in [-0.15, -0.1) is 0 Å². The Hall–Kier alpha value is -2.80. The predicted molar refractivity (Wildman–Crippen MR) is 87.7 cm³/mol. The van der Waals surface area contributed by atoms with E-state index in [1.54, 1.807) is 24.3 Å². The third-order valence-electron chi connectivity index (χ3n) is 3.31. The molecule has 2 aromatic carbocycles. The Labute approximate surface area is 139 Å². The number of halogens is 1. The Morgan fingerprint density at radius 1 is 1.04 bits per heavy atom. The Morgan fingerprint density at radius 2 is 1.74 bits per heavy atom. The average Bonchev–Trinajstić information content (AvgIpc) is 2.82. The van der Waals surface area contributed by atoms with Crippen LogP contribution in [0.15, 0.2) is 64.0 Å². The zero-order valence-corrected chi connectivity index (χ0v) is 13.3. The van der Waals surface area contributed by atoms with Crippen LogP contribution in [0.25, 0.3) is 11.4 Å². The zero-order valence-electron chi connectivity index (χ0n) is 11.7. The molecule has 0 atom stereocenters. The van der Waals surface area contributed by atoms with Crippen LogP contribution in [0.1, 0.15) is 10.4 Å². The van der Waals surface area contributed by atoms with Gasteiger partial charge in [-0.1, -0.05) is 28.1 Å². The largest absolute Gasteiger partial charge is 0.493 e. The van der Waals surface area contributed by atoms with Crippen LogP contribution in [0.5, 0.6) is 5.88 Å². The van der Waals surface area contributed by atoms with Crippen molar-refractivity contribution in [2.75, 3.05) is 0 Å². The number of aromatic hydroxyl groups is 1. The van der Waals surface area contributed by atoms with Gasteiger partial charge in [0.25, 0.3) is 0 Å². The second-order valence-electron chi connectivity index (χ2n) is 4.81. The van der Waals surface area contributed by atoms with E-state index in [1.165, 1.54) is 29.0 Å². The predicted octanol–water partition coefficient (Wildman–Crippen LogP) is 2.79. The molecule has 0 saturated heterocycles. The van der Waals surface area contributed by atoms with Crippen LogP contribution in [0, 0.1) is 0 Å². The van der Waals surface area contributed by atoms with Gasteiger partial charge in [0, 0.05) is 4.47 Å². The number of imidazole rings is 1. The summed E-state index contributed by atoms with van der Waals surface area (Å²) in [6.45, 7) is 0. The number of nitrogens with zero attached hydrogens (tertiary/aromatic N) is 2. The highest BCUT2D eigenvalue weighted by atomic mass is 79.9. The molecule has 2 N–H and O–H groups in total. The highest BCUT2D eigenvalue weighted by molar-refractivity contribution is 9.10. The van der Waals surface area contributed by atoms with Crippen LogP contribution >= 0.6 is 15.9 Å². The first-order valence-corrected chi connectivity index (χ1v) is 7.40. The Kier molecular flexibility index (Phi) is 3.79. The summed E-state index contributed by atoms with van der Waals surface area (Å²) >= 11 is 3.33. The van der Waals surface area contributed by atoms with Gasteiger partial charge >= 0.3 is 11.7 Å². The molecular formula is C16H11BrN2O4. The summed E-state index contributed by atoms with van der Waals surface area (Å²) < 4.78 is 3.13. The molecule has 0 aliphatic carbocycles. The van der Waals surface area contributed by atoms with E-state index >= 15 is 0 Å². The number of carboxylic acids is 1. The third-order valence-corrected chi connectivity index (χ3v) is 3.80. The Morgan fingerprint density at radius 3 is 2.43 bits per heavy atom. The summed E-state index contributed by atoms with van der Waals surface area (Å²) in [4.78, 5) is 23.6. The van der Waals surface area contributed by atoms with Crippen LogP contribution in [0.4, 0.5) is 0 Å². The maximum Gasteiger partial charge on any atom is 0.340 e. The summed E-state index contributed by atoms with van der Waals surface area (Å²) in [7, 11) is 0. The van der Waals surface area contributed by atoms with Crippen molar-refractivity contribution in [2.24, 2.45) is 0 Å². The first kappa shape index (κ1) is 15.1. The molecule has 0 spiro atoms. The van der Waals surface area contributed by atoms with Gasteiger partial charge in [-0.25, -0.2) is 14.2 Å². The molecule has 23 heavy (non-hydrogen) atoms. The lowest BCUT2D eigenvalue weighted by Crippen LogP contribution is -2.22. The van der Waals surface area contributed by atoms with Gasteiger partial charge in [-0.3, -0.25) is 4.57 Å². The fourth-order valence-electron chi connectivity index (χ4n) is 2.27. The lowest BCUT2D eigenvalue weighted by Gasteiger charge is -2.04. The van der Waals surface area contributed by atoms with Crippen molar-refractivity contribution >= 4 is 21.9 Å². The molecule has 0 fully saturated rings. The standard InChI is InChI=1S/C16H11BrN2O4/c17-11-4-2-5-12(8-11)18-9-14(20)19(16(18)23)13-6-1-3-10(7-13)15(21)22/h1-9,20H,(H,21,22).